The van der Waals surface area contributed by atoms with Gasteiger partial charge >= 0.3 is 0 Å². The molecule has 1 unspecified atom stereocenters. The highest BCUT2D eigenvalue weighted by Crippen LogP contribution is 2.22. The first-order chi connectivity index (χ1) is 10.0. The molecule has 1 aromatic heterocycles. The second-order valence-corrected chi connectivity index (χ2v) is 5.55. The van der Waals surface area contributed by atoms with Gasteiger partial charge in [0.2, 0.25) is 0 Å². The van der Waals surface area contributed by atoms with Crippen LogP contribution in [0.1, 0.15) is 17.2 Å². The van der Waals surface area contributed by atoms with Gasteiger partial charge in [-0.15, -0.1) is 0 Å². The summed E-state index contributed by atoms with van der Waals surface area (Å²) >= 11 is 5.91. The number of anilines is 1. The summed E-state index contributed by atoms with van der Waals surface area (Å²) in [6, 6.07) is 7.60. The second-order valence-electron chi connectivity index (χ2n) is 5.11. The Morgan fingerprint density at radius 2 is 2.24 bits per heavy atom. The van der Waals surface area contributed by atoms with Crippen LogP contribution in [0.15, 0.2) is 30.6 Å². The molecule has 110 valence electrons. The number of hydrogen-bond donors (Lipinski definition) is 1. The van der Waals surface area contributed by atoms with Gasteiger partial charge in [0, 0.05) is 30.4 Å². The highest BCUT2D eigenvalue weighted by Gasteiger charge is 2.16. The maximum Gasteiger partial charge on any atom is 0.101 e. The fourth-order valence-electron chi connectivity index (χ4n) is 2.18. The van der Waals surface area contributed by atoms with Crippen LogP contribution >= 0.6 is 11.6 Å². The van der Waals surface area contributed by atoms with E-state index in [4.69, 9.17) is 16.9 Å². The molecule has 0 amide bonds. The normalized spacial score (nSPS) is 12.2. The van der Waals surface area contributed by atoms with Crippen LogP contribution in [0.3, 0.4) is 0 Å². The molecule has 1 aromatic carbocycles. The summed E-state index contributed by atoms with van der Waals surface area (Å²) in [4.78, 5) is 2.12. The van der Waals surface area contributed by atoms with Crippen molar-refractivity contribution in [3.8, 4) is 6.07 Å². The Morgan fingerprint density at radius 1 is 1.48 bits per heavy atom. The number of hydrogen-bond acceptors (Lipinski definition) is 4. The first-order valence-electron chi connectivity index (χ1n) is 6.59. The predicted molar refractivity (Wildman–Crippen MR) is 84.3 cm³/mol. The maximum absolute atomic E-state index is 9.17. The molecule has 0 spiro atoms. The number of aromatic nitrogens is 2. The lowest BCUT2D eigenvalue weighted by Crippen LogP contribution is -2.26. The number of nitrogens with zero attached hydrogens (tertiary/aromatic N) is 4. The van der Waals surface area contributed by atoms with Gasteiger partial charge in [0.1, 0.15) is 6.07 Å². The second kappa shape index (κ2) is 6.61. The molecule has 0 fully saturated rings. The van der Waals surface area contributed by atoms with Crippen molar-refractivity contribution in [1.82, 2.24) is 14.7 Å². The summed E-state index contributed by atoms with van der Waals surface area (Å²) in [5, 5.41) is 17.3. The van der Waals surface area contributed by atoms with Crippen molar-refractivity contribution in [2.75, 3.05) is 26.0 Å². The van der Waals surface area contributed by atoms with E-state index in [1.807, 2.05) is 39.6 Å². The molecule has 0 aliphatic carbocycles. The molecule has 1 atom stereocenters. The third kappa shape index (κ3) is 3.75. The molecule has 5 nitrogen and oxygen atoms in total. The minimum atomic E-state index is 0.168. The summed E-state index contributed by atoms with van der Waals surface area (Å²) in [7, 11) is 5.94. The number of likely N-dealkylation sites (N-methyl/N-ethyl adjacent to an activating group) is 1. The molecule has 0 bridgehead atoms. The van der Waals surface area contributed by atoms with E-state index in [9.17, 15) is 0 Å². The molecule has 0 aliphatic rings. The molecule has 21 heavy (non-hydrogen) atoms. The first-order valence-corrected chi connectivity index (χ1v) is 6.97. The topological polar surface area (TPSA) is 56.9 Å². The van der Waals surface area contributed by atoms with Gasteiger partial charge in [0.25, 0.3) is 0 Å². The van der Waals surface area contributed by atoms with Gasteiger partial charge in [0.15, 0.2) is 0 Å². The fraction of sp³-hybridized carbons (Fsp3) is 0.333. The molecule has 6 heteroatoms. The van der Waals surface area contributed by atoms with Crippen LogP contribution < -0.4 is 5.32 Å². The van der Waals surface area contributed by atoms with Crippen molar-refractivity contribution >= 4 is 17.3 Å². The lowest BCUT2D eigenvalue weighted by molar-refractivity contribution is 0.311. The molecule has 2 aromatic rings. The number of halogens is 1. The minimum absolute atomic E-state index is 0.168. The molecule has 1 heterocycles. The first kappa shape index (κ1) is 15.4. The lowest BCUT2D eigenvalue weighted by Gasteiger charge is -2.24. The van der Waals surface area contributed by atoms with Gasteiger partial charge in [-0.25, -0.2) is 0 Å². The van der Waals surface area contributed by atoms with E-state index in [-0.39, 0.29) is 6.04 Å². The zero-order valence-electron chi connectivity index (χ0n) is 12.3. The number of benzene rings is 1. The molecule has 1 N–H and O–H groups in total. The third-order valence-electron chi connectivity index (χ3n) is 3.32. The molecule has 0 radical (unpaired) electrons. The van der Waals surface area contributed by atoms with Gasteiger partial charge < -0.3 is 10.2 Å². The monoisotopic (exact) mass is 303 g/mol. The quantitative estimate of drug-likeness (QED) is 0.922. The maximum atomic E-state index is 9.17. The highest BCUT2D eigenvalue weighted by molar-refractivity contribution is 6.30. The fourth-order valence-corrected chi connectivity index (χ4v) is 2.35. The Labute approximate surface area is 129 Å². The SMILES string of the molecule is CN(C)C(CNc1ccc(Cl)cc1C#N)c1cnn(C)c1. The van der Waals surface area contributed by atoms with Gasteiger partial charge in [-0.05, 0) is 32.3 Å². The highest BCUT2D eigenvalue weighted by atomic mass is 35.5. The van der Waals surface area contributed by atoms with E-state index in [0.717, 1.165) is 11.3 Å². The Kier molecular flexibility index (Phi) is 4.84. The van der Waals surface area contributed by atoms with Crippen molar-refractivity contribution in [3.05, 3.63) is 46.7 Å². The van der Waals surface area contributed by atoms with Crippen LogP contribution in [-0.4, -0.2) is 35.3 Å². The van der Waals surface area contributed by atoms with E-state index in [1.165, 1.54) is 0 Å². The Morgan fingerprint density at radius 3 is 2.81 bits per heavy atom. The Hall–Kier alpha value is -2.03. The predicted octanol–water partition coefficient (Wildman–Crippen LogP) is 2.66. The van der Waals surface area contributed by atoms with Gasteiger partial charge in [-0.3, -0.25) is 4.68 Å². The smallest absolute Gasteiger partial charge is 0.101 e. The summed E-state index contributed by atoms with van der Waals surface area (Å²) in [5.41, 5.74) is 2.46. The van der Waals surface area contributed by atoms with E-state index in [0.29, 0.717) is 17.1 Å². The molecule has 2 rings (SSSR count). The third-order valence-corrected chi connectivity index (χ3v) is 3.56. The van der Waals surface area contributed by atoms with Gasteiger partial charge in [-0.1, -0.05) is 11.6 Å². The van der Waals surface area contributed by atoms with Gasteiger partial charge in [0.05, 0.1) is 23.5 Å². The Bertz CT molecular complexity index is 656. The van der Waals surface area contributed by atoms with Crippen molar-refractivity contribution in [2.24, 2.45) is 7.05 Å². The zero-order chi connectivity index (χ0) is 15.4. The van der Waals surface area contributed by atoms with Crippen LogP contribution in [-0.2, 0) is 7.05 Å². The van der Waals surface area contributed by atoms with Crippen molar-refractivity contribution in [1.29, 1.82) is 5.26 Å². The molecule has 0 saturated carbocycles. The van der Waals surface area contributed by atoms with Crippen LogP contribution in [0.5, 0.6) is 0 Å². The van der Waals surface area contributed by atoms with Crippen LogP contribution in [0.2, 0.25) is 5.02 Å². The van der Waals surface area contributed by atoms with Crippen molar-refractivity contribution < 1.29 is 0 Å². The van der Waals surface area contributed by atoms with Crippen LogP contribution in [0.25, 0.3) is 0 Å². The molecule has 0 aliphatic heterocycles. The Balaban J connectivity index is 2.15. The number of nitrogens with one attached hydrogen (secondary N) is 1. The van der Waals surface area contributed by atoms with E-state index in [1.54, 1.807) is 16.8 Å². The van der Waals surface area contributed by atoms with E-state index >= 15 is 0 Å². The van der Waals surface area contributed by atoms with E-state index < -0.39 is 0 Å². The molecule has 0 saturated heterocycles. The summed E-state index contributed by atoms with van der Waals surface area (Å²) in [6.07, 6.45) is 3.86. The number of nitriles is 1. The minimum Gasteiger partial charge on any atom is -0.382 e. The summed E-state index contributed by atoms with van der Waals surface area (Å²) < 4.78 is 1.79. The zero-order valence-corrected chi connectivity index (χ0v) is 13.1. The number of aryl methyl sites for hydroxylation is 1. The average Bonchev–Trinajstić information content (AvgIpc) is 2.86. The van der Waals surface area contributed by atoms with Crippen molar-refractivity contribution in [3.63, 3.8) is 0 Å². The standard InChI is InChI=1S/C15H18ClN5/c1-20(2)15(12-8-19-21(3)10-12)9-18-14-5-4-13(16)6-11(14)7-17/h4-6,8,10,15,18H,9H2,1-3H3. The molecular weight excluding hydrogens is 286 g/mol. The lowest BCUT2D eigenvalue weighted by atomic mass is 10.1. The average molecular weight is 304 g/mol. The summed E-state index contributed by atoms with van der Waals surface area (Å²) in [5.74, 6) is 0. The van der Waals surface area contributed by atoms with Crippen LogP contribution in [0, 0.1) is 11.3 Å². The van der Waals surface area contributed by atoms with Gasteiger partial charge in [-0.2, -0.15) is 10.4 Å². The number of rotatable bonds is 5. The van der Waals surface area contributed by atoms with E-state index in [2.05, 4.69) is 21.4 Å². The largest absolute Gasteiger partial charge is 0.382 e. The van der Waals surface area contributed by atoms with Crippen molar-refractivity contribution in [2.45, 2.75) is 6.04 Å². The molecular formula is C15H18ClN5. The summed E-state index contributed by atoms with van der Waals surface area (Å²) in [6.45, 7) is 0.676. The van der Waals surface area contributed by atoms with Crippen LogP contribution in [0.4, 0.5) is 5.69 Å².